The summed E-state index contributed by atoms with van der Waals surface area (Å²) in [7, 11) is 0. The smallest absolute Gasteiger partial charge is 0.325 e. The lowest BCUT2D eigenvalue weighted by Gasteiger charge is -2.14. The molecule has 4 N–H and O–H groups in total. The van der Waals surface area contributed by atoms with E-state index in [2.05, 4.69) is 15.7 Å². The zero-order valence-electron chi connectivity index (χ0n) is 11.0. The molecule has 1 aromatic carbocycles. The molecule has 0 fully saturated rings. The van der Waals surface area contributed by atoms with Crippen LogP contribution in [0.2, 0.25) is 0 Å². The van der Waals surface area contributed by atoms with Crippen LogP contribution in [0.4, 0.5) is 18.9 Å². The van der Waals surface area contributed by atoms with Crippen LogP contribution in [-0.2, 0) is 6.18 Å². The van der Waals surface area contributed by atoms with Crippen molar-refractivity contribution < 1.29 is 13.2 Å². The Morgan fingerprint density at radius 3 is 2.42 bits per heavy atom. The van der Waals surface area contributed by atoms with Crippen LogP contribution in [0, 0.1) is 6.92 Å². The summed E-state index contributed by atoms with van der Waals surface area (Å²) in [4.78, 5) is 4.09. The summed E-state index contributed by atoms with van der Waals surface area (Å²) >= 11 is 0. The molecule has 0 aliphatic carbocycles. The van der Waals surface area contributed by atoms with Gasteiger partial charge < -0.3 is 5.32 Å². The average molecular weight is 274 g/mol. The van der Waals surface area contributed by atoms with Gasteiger partial charge in [0.25, 0.3) is 0 Å². The van der Waals surface area contributed by atoms with E-state index in [1.54, 1.807) is 0 Å². The average Bonchev–Trinajstić information content (AvgIpc) is 2.28. The summed E-state index contributed by atoms with van der Waals surface area (Å²) in [5, 5.41) is 2.71. The van der Waals surface area contributed by atoms with E-state index >= 15 is 0 Å². The van der Waals surface area contributed by atoms with Crippen molar-refractivity contribution in [2.24, 2.45) is 10.8 Å². The third kappa shape index (κ3) is 4.44. The molecule has 0 saturated carbocycles. The van der Waals surface area contributed by atoms with E-state index in [1.165, 1.54) is 19.1 Å². The number of nitrogens with two attached hydrogens (primary N) is 1. The molecule has 0 aliphatic heterocycles. The number of nitrogens with one attached hydrogen (secondary N) is 2. The minimum Gasteiger partial charge on any atom is -0.325 e. The number of aliphatic imine (C=N–C) groups is 1. The van der Waals surface area contributed by atoms with Gasteiger partial charge in [-0.2, -0.15) is 13.2 Å². The maximum Gasteiger partial charge on any atom is 0.416 e. The fourth-order valence-corrected chi connectivity index (χ4v) is 1.51. The van der Waals surface area contributed by atoms with E-state index in [0.717, 1.165) is 6.07 Å². The molecule has 1 rings (SSSR count). The molecule has 0 spiro atoms. The molecule has 0 amide bonds. The molecular formula is C12H17F3N4. The van der Waals surface area contributed by atoms with Gasteiger partial charge in [0.2, 0.25) is 5.96 Å². The molecule has 4 nitrogen and oxygen atoms in total. The zero-order chi connectivity index (χ0) is 14.6. The molecule has 106 valence electrons. The summed E-state index contributed by atoms with van der Waals surface area (Å²) in [6, 6.07) is 3.93. The Kier molecular flexibility index (Phi) is 4.77. The van der Waals surface area contributed by atoms with Gasteiger partial charge in [-0.25, -0.2) is 10.8 Å². The van der Waals surface area contributed by atoms with Crippen molar-refractivity contribution in [3.05, 3.63) is 29.3 Å². The Morgan fingerprint density at radius 2 is 1.95 bits per heavy atom. The van der Waals surface area contributed by atoms with Crippen molar-refractivity contribution in [2.45, 2.75) is 33.0 Å². The quantitative estimate of drug-likeness (QED) is 0.336. The number of hydrogen-bond donors (Lipinski definition) is 3. The topological polar surface area (TPSA) is 62.4 Å². The third-order valence-electron chi connectivity index (χ3n) is 2.33. The fourth-order valence-electron chi connectivity index (χ4n) is 1.51. The maximum atomic E-state index is 12.8. The molecule has 7 heteroatoms. The summed E-state index contributed by atoms with van der Waals surface area (Å²) in [5.74, 6) is 5.47. The second kappa shape index (κ2) is 5.92. The molecule has 0 bridgehead atoms. The Bertz CT molecular complexity index is 467. The number of rotatable bonds is 2. The first-order chi connectivity index (χ1) is 8.74. The van der Waals surface area contributed by atoms with Gasteiger partial charge >= 0.3 is 6.18 Å². The van der Waals surface area contributed by atoms with Crippen molar-refractivity contribution in [1.82, 2.24) is 5.43 Å². The van der Waals surface area contributed by atoms with E-state index in [1.807, 2.05) is 13.8 Å². The standard InChI is InChI=1S/C12H17F3N4/c1-7(2)17-11(19-16)18-9-5-4-8(3)10(6-9)12(13,14)15/h4-7H,16H2,1-3H3,(H2,17,18,19). The molecule has 0 atom stereocenters. The van der Waals surface area contributed by atoms with E-state index < -0.39 is 11.7 Å². The minimum atomic E-state index is -4.38. The molecule has 0 aliphatic rings. The van der Waals surface area contributed by atoms with Crippen molar-refractivity contribution in [1.29, 1.82) is 0 Å². The molecule has 19 heavy (non-hydrogen) atoms. The van der Waals surface area contributed by atoms with Crippen molar-refractivity contribution in [2.75, 3.05) is 5.32 Å². The minimum absolute atomic E-state index is 0.0360. The second-order valence-corrected chi connectivity index (χ2v) is 4.37. The molecule has 0 unspecified atom stereocenters. The number of hydrazine groups is 1. The highest BCUT2D eigenvalue weighted by molar-refractivity contribution is 5.93. The van der Waals surface area contributed by atoms with Crippen LogP contribution in [0.3, 0.4) is 0 Å². The number of guanidine groups is 1. The predicted molar refractivity (Wildman–Crippen MR) is 69.7 cm³/mol. The highest BCUT2D eigenvalue weighted by Crippen LogP contribution is 2.33. The van der Waals surface area contributed by atoms with Gasteiger partial charge in [0.15, 0.2) is 0 Å². The number of benzene rings is 1. The number of aryl methyl sites for hydroxylation is 1. The van der Waals surface area contributed by atoms with Crippen molar-refractivity contribution in [3.63, 3.8) is 0 Å². The van der Waals surface area contributed by atoms with Gasteiger partial charge in [-0.05, 0) is 38.5 Å². The Morgan fingerprint density at radius 1 is 1.32 bits per heavy atom. The SMILES string of the molecule is Cc1ccc(NC(=NC(C)C)NN)cc1C(F)(F)F. The highest BCUT2D eigenvalue weighted by atomic mass is 19.4. The Hall–Kier alpha value is -1.76. The first kappa shape index (κ1) is 15.3. The molecule has 0 saturated heterocycles. The van der Waals surface area contributed by atoms with Crippen LogP contribution >= 0.6 is 0 Å². The number of halogens is 3. The Labute approximate surface area is 109 Å². The number of alkyl halides is 3. The van der Waals surface area contributed by atoms with Crippen LogP contribution in [0.15, 0.2) is 23.2 Å². The van der Waals surface area contributed by atoms with Crippen LogP contribution in [0.1, 0.15) is 25.0 Å². The third-order valence-corrected chi connectivity index (χ3v) is 2.33. The predicted octanol–water partition coefficient (Wildman–Crippen LogP) is 2.65. The molecule has 0 heterocycles. The summed E-state index contributed by atoms with van der Waals surface area (Å²) in [6.07, 6.45) is -4.38. The summed E-state index contributed by atoms with van der Waals surface area (Å²) in [6.45, 7) is 5.07. The van der Waals surface area contributed by atoms with Gasteiger partial charge in [0, 0.05) is 11.7 Å². The zero-order valence-corrected chi connectivity index (χ0v) is 11.0. The van der Waals surface area contributed by atoms with Gasteiger partial charge in [0.1, 0.15) is 0 Å². The molecular weight excluding hydrogens is 257 g/mol. The second-order valence-electron chi connectivity index (χ2n) is 4.37. The van der Waals surface area contributed by atoms with Gasteiger partial charge in [0.05, 0.1) is 5.56 Å². The van der Waals surface area contributed by atoms with E-state index in [0.29, 0.717) is 0 Å². The summed E-state index contributed by atoms with van der Waals surface area (Å²) in [5.41, 5.74) is 2.07. The number of nitrogens with zero attached hydrogens (tertiary/aromatic N) is 1. The van der Waals surface area contributed by atoms with Gasteiger partial charge in [-0.1, -0.05) is 6.07 Å². The lowest BCUT2D eigenvalue weighted by atomic mass is 10.1. The highest BCUT2D eigenvalue weighted by Gasteiger charge is 2.32. The lowest BCUT2D eigenvalue weighted by molar-refractivity contribution is -0.138. The van der Waals surface area contributed by atoms with Gasteiger partial charge in [-0.3, -0.25) is 5.43 Å². The first-order valence-electron chi connectivity index (χ1n) is 5.73. The van der Waals surface area contributed by atoms with Crippen LogP contribution < -0.4 is 16.6 Å². The fraction of sp³-hybridized carbons (Fsp3) is 0.417. The first-order valence-corrected chi connectivity index (χ1v) is 5.73. The largest absolute Gasteiger partial charge is 0.416 e. The van der Waals surface area contributed by atoms with E-state index in [-0.39, 0.29) is 23.3 Å². The van der Waals surface area contributed by atoms with E-state index in [9.17, 15) is 13.2 Å². The number of hydrogen-bond acceptors (Lipinski definition) is 2. The van der Waals surface area contributed by atoms with E-state index in [4.69, 9.17) is 5.84 Å². The number of anilines is 1. The van der Waals surface area contributed by atoms with Crippen molar-refractivity contribution >= 4 is 11.6 Å². The molecule has 0 aromatic heterocycles. The normalized spacial score (nSPS) is 12.7. The molecule has 1 aromatic rings. The van der Waals surface area contributed by atoms with Gasteiger partial charge in [-0.15, -0.1) is 0 Å². The Balaban J connectivity index is 3.03. The summed E-state index contributed by atoms with van der Waals surface area (Å²) < 4.78 is 38.3. The molecule has 0 radical (unpaired) electrons. The monoisotopic (exact) mass is 274 g/mol. The van der Waals surface area contributed by atoms with Crippen LogP contribution in [0.25, 0.3) is 0 Å². The van der Waals surface area contributed by atoms with Crippen LogP contribution in [-0.4, -0.2) is 12.0 Å². The lowest BCUT2D eigenvalue weighted by Crippen LogP contribution is -2.37. The van der Waals surface area contributed by atoms with Crippen molar-refractivity contribution in [3.8, 4) is 0 Å². The van der Waals surface area contributed by atoms with Crippen LogP contribution in [0.5, 0.6) is 0 Å². The maximum absolute atomic E-state index is 12.8.